The molecule has 0 spiro atoms. The third kappa shape index (κ3) is 6.46. The van der Waals surface area contributed by atoms with Gasteiger partial charge in [0, 0.05) is 24.9 Å². The molecule has 0 radical (unpaired) electrons. The smallest absolute Gasteiger partial charge is 0.119 e. The first-order valence-electron chi connectivity index (χ1n) is 11.0. The van der Waals surface area contributed by atoms with Gasteiger partial charge in [0.1, 0.15) is 11.5 Å². The highest BCUT2D eigenvalue weighted by molar-refractivity contribution is 5.62. The molecule has 0 bridgehead atoms. The minimum absolute atomic E-state index is 0.329. The molecule has 5 rings (SSSR count). The lowest BCUT2D eigenvalue weighted by Crippen LogP contribution is -2.39. The van der Waals surface area contributed by atoms with E-state index in [9.17, 15) is 5.11 Å². The van der Waals surface area contributed by atoms with Crippen molar-refractivity contribution in [3.05, 3.63) is 70.9 Å². The van der Waals surface area contributed by atoms with E-state index in [1.54, 1.807) is 18.3 Å². The summed E-state index contributed by atoms with van der Waals surface area (Å²) in [5, 5.41) is 18.8. The summed E-state index contributed by atoms with van der Waals surface area (Å²) in [4.78, 5) is 6.40. The molecule has 3 aliphatic rings. The van der Waals surface area contributed by atoms with E-state index in [2.05, 4.69) is 22.9 Å². The molecule has 1 unspecified atom stereocenters. The minimum atomic E-state index is 0.329. The van der Waals surface area contributed by atoms with E-state index in [4.69, 9.17) is 5.11 Å². The SMILES string of the molecule is C1=CN=CC1.Cc1cc(O)c2c(c1)CC(N1CCCCC1)C2.Cc1ccc(O)cc1. The summed E-state index contributed by atoms with van der Waals surface area (Å²) in [7, 11) is 0. The number of benzene rings is 2. The molecule has 2 aliphatic heterocycles. The van der Waals surface area contributed by atoms with E-state index < -0.39 is 0 Å². The number of hydrogen-bond donors (Lipinski definition) is 2. The molecule has 4 nitrogen and oxygen atoms in total. The number of hydrogen-bond acceptors (Lipinski definition) is 4. The van der Waals surface area contributed by atoms with Gasteiger partial charge in [0.2, 0.25) is 0 Å². The molecule has 160 valence electrons. The number of fused-ring (bicyclic) bond motifs is 1. The van der Waals surface area contributed by atoms with Crippen molar-refractivity contribution >= 4 is 6.21 Å². The van der Waals surface area contributed by atoms with Crippen LogP contribution in [0.1, 0.15) is 47.9 Å². The van der Waals surface area contributed by atoms with Crippen molar-refractivity contribution in [3.63, 3.8) is 0 Å². The largest absolute Gasteiger partial charge is 0.508 e. The standard InChI is InChI=1S/C15H21NO.C7H8O.C4H5N/c1-11-7-12-9-13(10-14(12)15(17)8-11)16-5-3-2-4-6-16;1-6-2-4-7(8)5-3-6;1-2-4-5-3-1/h7-8,13,17H,2-6,9-10H2,1H3;2-5,8H,1H3;1,3-4H,2H2. The molecule has 0 saturated carbocycles. The number of aryl methyl sites for hydroxylation is 2. The van der Waals surface area contributed by atoms with Gasteiger partial charge in [-0.2, -0.15) is 0 Å². The van der Waals surface area contributed by atoms with E-state index in [1.165, 1.54) is 54.6 Å². The van der Waals surface area contributed by atoms with Crippen LogP contribution in [0.2, 0.25) is 0 Å². The number of piperidine rings is 1. The maximum Gasteiger partial charge on any atom is 0.119 e. The van der Waals surface area contributed by atoms with Crippen LogP contribution in [-0.2, 0) is 12.8 Å². The zero-order chi connectivity index (χ0) is 21.3. The third-order valence-electron chi connectivity index (χ3n) is 5.84. The molecule has 0 aromatic heterocycles. The monoisotopic (exact) mass is 406 g/mol. The minimum Gasteiger partial charge on any atom is -0.508 e. The van der Waals surface area contributed by atoms with Crippen molar-refractivity contribution in [3.8, 4) is 11.5 Å². The Morgan fingerprint density at radius 3 is 2.20 bits per heavy atom. The topological polar surface area (TPSA) is 56.1 Å². The van der Waals surface area contributed by atoms with Gasteiger partial charge in [-0.1, -0.05) is 36.3 Å². The highest BCUT2D eigenvalue weighted by atomic mass is 16.3. The fourth-order valence-corrected chi connectivity index (χ4v) is 4.24. The van der Waals surface area contributed by atoms with Gasteiger partial charge >= 0.3 is 0 Å². The Kier molecular flexibility index (Phi) is 8.09. The average molecular weight is 407 g/mol. The molecule has 1 atom stereocenters. The molecule has 1 saturated heterocycles. The van der Waals surface area contributed by atoms with E-state index >= 15 is 0 Å². The van der Waals surface area contributed by atoms with Gasteiger partial charge in [-0.3, -0.25) is 9.89 Å². The van der Waals surface area contributed by atoms with E-state index in [-0.39, 0.29) is 0 Å². The predicted octanol–water partition coefficient (Wildman–Crippen LogP) is 5.33. The fourth-order valence-electron chi connectivity index (χ4n) is 4.24. The normalized spacial score (nSPS) is 19.5. The molecule has 0 amide bonds. The highest BCUT2D eigenvalue weighted by Gasteiger charge is 2.29. The van der Waals surface area contributed by atoms with E-state index in [0.717, 1.165) is 19.3 Å². The molecule has 2 aromatic rings. The lowest BCUT2D eigenvalue weighted by atomic mass is 10.1. The van der Waals surface area contributed by atoms with Gasteiger partial charge in [-0.05, 0) is 87.5 Å². The molecule has 2 N–H and O–H groups in total. The summed E-state index contributed by atoms with van der Waals surface area (Å²) in [6.45, 7) is 6.55. The van der Waals surface area contributed by atoms with Crippen molar-refractivity contribution in [2.75, 3.05) is 13.1 Å². The Balaban J connectivity index is 0.000000162. The van der Waals surface area contributed by atoms with Crippen molar-refractivity contribution in [2.45, 2.75) is 58.4 Å². The van der Waals surface area contributed by atoms with Gasteiger partial charge in [0.05, 0.1) is 0 Å². The second-order valence-corrected chi connectivity index (χ2v) is 8.37. The maximum absolute atomic E-state index is 10.0. The zero-order valence-corrected chi connectivity index (χ0v) is 18.2. The van der Waals surface area contributed by atoms with Gasteiger partial charge in [-0.25, -0.2) is 0 Å². The second-order valence-electron chi connectivity index (χ2n) is 8.37. The van der Waals surface area contributed by atoms with Crippen LogP contribution in [0.5, 0.6) is 11.5 Å². The van der Waals surface area contributed by atoms with Crippen LogP contribution in [0.15, 0.2) is 53.7 Å². The van der Waals surface area contributed by atoms with Crippen molar-refractivity contribution < 1.29 is 10.2 Å². The first-order chi connectivity index (χ1) is 14.5. The van der Waals surface area contributed by atoms with E-state index in [0.29, 0.717) is 17.5 Å². The summed E-state index contributed by atoms with van der Waals surface area (Å²) >= 11 is 0. The van der Waals surface area contributed by atoms with Crippen LogP contribution < -0.4 is 0 Å². The lowest BCUT2D eigenvalue weighted by Gasteiger charge is -2.32. The lowest BCUT2D eigenvalue weighted by molar-refractivity contribution is 0.167. The Bertz CT molecular complexity index is 834. The van der Waals surface area contributed by atoms with Crippen LogP contribution in [0, 0.1) is 13.8 Å². The Morgan fingerprint density at radius 1 is 0.900 bits per heavy atom. The van der Waals surface area contributed by atoms with Gasteiger partial charge in [-0.15, -0.1) is 0 Å². The van der Waals surface area contributed by atoms with Crippen molar-refractivity contribution in [1.82, 2.24) is 4.90 Å². The average Bonchev–Trinajstić information content (AvgIpc) is 3.45. The van der Waals surface area contributed by atoms with Gasteiger partial charge in [0.15, 0.2) is 0 Å². The first-order valence-corrected chi connectivity index (χ1v) is 11.0. The molecular formula is C26H34N2O2. The Morgan fingerprint density at radius 2 is 1.63 bits per heavy atom. The number of rotatable bonds is 1. The molecule has 1 aliphatic carbocycles. The molecule has 2 aromatic carbocycles. The second kappa shape index (κ2) is 11.0. The number of phenolic OH excluding ortho intramolecular Hbond substituents is 2. The third-order valence-corrected chi connectivity index (χ3v) is 5.84. The van der Waals surface area contributed by atoms with Crippen LogP contribution in [0.3, 0.4) is 0 Å². The molecule has 1 fully saturated rings. The van der Waals surface area contributed by atoms with Crippen molar-refractivity contribution in [2.24, 2.45) is 4.99 Å². The Hall–Kier alpha value is -2.59. The van der Waals surface area contributed by atoms with Crippen LogP contribution in [-0.4, -0.2) is 40.5 Å². The quantitative estimate of drug-likeness (QED) is 0.673. The van der Waals surface area contributed by atoms with Crippen LogP contribution >= 0.6 is 0 Å². The molecule has 2 heterocycles. The van der Waals surface area contributed by atoms with Crippen LogP contribution in [0.4, 0.5) is 0 Å². The molecule has 4 heteroatoms. The number of aromatic hydroxyl groups is 2. The van der Waals surface area contributed by atoms with Gasteiger partial charge in [0.25, 0.3) is 0 Å². The molecule has 30 heavy (non-hydrogen) atoms. The first kappa shape index (κ1) is 22.1. The van der Waals surface area contributed by atoms with E-state index in [1.807, 2.05) is 37.4 Å². The number of allylic oxidation sites excluding steroid dienone is 1. The molecular weight excluding hydrogens is 372 g/mol. The number of phenols is 2. The van der Waals surface area contributed by atoms with Crippen molar-refractivity contribution in [1.29, 1.82) is 0 Å². The summed E-state index contributed by atoms with van der Waals surface area (Å²) < 4.78 is 0. The van der Waals surface area contributed by atoms with Gasteiger partial charge < -0.3 is 10.2 Å². The zero-order valence-electron chi connectivity index (χ0n) is 18.2. The highest BCUT2D eigenvalue weighted by Crippen LogP contribution is 2.34. The summed E-state index contributed by atoms with van der Waals surface area (Å²) in [5.41, 5.74) is 4.92. The van der Waals surface area contributed by atoms with Crippen LogP contribution in [0.25, 0.3) is 0 Å². The summed E-state index contributed by atoms with van der Waals surface area (Å²) in [6, 6.07) is 11.9. The fraction of sp³-hybridized carbons (Fsp3) is 0.423. The number of nitrogens with zero attached hydrogens (tertiary/aromatic N) is 2. The number of aliphatic imine (C=N–C) groups is 1. The maximum atomic E-state index is 10.0. The summed E-state index contributed by atoms with van der Waals surface area (Å²) in [5.74, 6) is 0.843. The number of likely N-dealkylation sites (tertiary alicyclic amines) is 1. The predicted molar refractivity (Wildman–Crippen MR) is 125 cm³/mol. The summed E-state index contributed by atoms with van der Waals surface area (Å²) in [6.07, 6.45) is 13.0. The Labute approximate surface area is 180 Å².